The van der Waals surface area contributed by atoms with Gasteiger partial charge < -0.3 is 19.9 Å². The summed E-state index contributed by atoms with van der Waals surface area (Å²) >= 11 is 0. The quantitative estimate of drug-likeness (QED) is 0.693. The van der Waals surface area contributed by atoms with Gasteiger partial charge in [-0.3, -0.25) is 9.59 Å². The predicted octanol–water partition coefficient (Wildman–Crippen LogP) is 2.26. The second-order valence-corrected chi connectivity index (χ2v) is 6.17. The van der Waals surface area contributed by atoms with Crippen molar-refractivity contribution in [2.45, 2.75) is 32.0 Å². The normalized spacial score (nSPS) is 16.7. The van der Waals surface area contributed by atoms with Gasteiger partial charge in [-0.25, -0.2) is 0 Å². The lowest BCUT2D eigenvalue weighted by Crippen LogP contribution is -2.31. The fourth-order valence-corrected chi connectivity index (χ4v) is 2.61. The SMILES string of the molecule is COC(=O)CCC(C)C(=O)OC(C1=CCNC=C1)C(O)c1ccccc1. The van der Waals surface area contributed by atoms with E-state index in [1.54, 1.807) is 31.3 Å². The number of dihydropyridines is 1. The van der Waals surface area contributed by atoms with E-state index < -0.39 is 24.1 Å². The number of hydrogen-bond donors (Lipinski definition) is 2. The number of benzene rings is 1. The van der Waals surface area contributed by atoms with Gasteiger partial charge in [0.1, 0.15) is 6.10 Å². The molecule has 1 aromatic rings. The van der Waals surface area contributed by atoms with Crippen LogP contribution in [0.1, 0.15) is 31.4 Å². The minimum Gasteiger partial charge on any atom is -0.469 e. The Labute approximate surface area is 153 Å². The molecule has 140 valence electrons. The summed E-state index contributed by atoms with van der Waals surface area (Å²) in [4.78, 5) is 23.7. The molecule has 0 bridgehead atoms. The number of aliphatic hydroxyl groups excluding tert-OH is 1. The molecular weight excluding hydrogens is 334 g/mol. The van der Waals surface area contributed by atoms with Crippen LogP contribution in [0, 0.1) is 5.92 Å². The molecule has 3 unspecified atom stereocenters. The van der Waals surface area contributed by atoms with Crippen LogP contribution in [0.3, 0.4) is 0 Å². The van der Waals surface area contributed by atoms with Crippen LogP contribution < -0.4 is 5.32 Å². The van der Waals surface area contributed by atoms with E-state index in [0.717, 1.165) is 5.57 Å². The fraction of sp³-hybridized carbons (Fsp3) is 0.400. The second-order valence-electron chi connectivity index (χ2n) is 6.17. The standard InChI is InChI=1S/C20H25NO5/c1-14(8-9-17(22)25-2)20(24)26-19(16-10-12-21-13-11-16)18(23)15-6-4-3-5-7-15/h3-7,10-12,14,18-19,21,23H,8-9,13H2,1-2H3. The van der Waals surface area contributed by atoms with E-state index in [1.807, 2.05) is 24.3 Å². The zero-order valence-corrected chi connectivity index (χ0v) is 15.1. The lowest BCUT2D eigenvalue weighted by Gasteiger charge is -2.27. The van der Waals surface area contributed by atoms with Crippen LogP contribution in [-0.2, 0) is 19.1 Å². The third kappa shape index (κ3) is 5.46. The van der Waals surface area contributed by atoms with Gasteiger partial charge in [0, 0.05) is 13.0 Å². The van der Waals surface area contributed by atoms with Gasteiger partial charge in [-0.15, -0.1) is 0 Å². The first-order chi connectivity index (χ1) is 12.5. The first-order valence-corrected chi connectivity index (χ1v) is 8.63. The van der Waals surface area contributed by atoms with Crippen LogP contribution in [0.2, 0.25) is 0 Å². The molecule has 6 heteroatoms. The van der Waals surface area contributed by atoms with Gasteiger partial charge in [-0.1, -0.05) is 43.3 Å². The lowest BCUT2D eigenvalue weighted by atomic mass is 9.96. The van der Waals surface area contributed by atoms with Gasteiger partial charge in [-0.05, 0) is 29.8 Å². The number of esters is 2. The second kappa shape index (κ2) is 9.77. The van der Waals surface area contributed by atoms with E-state index in [-0.39, 0.29) is 12.4 Å². The summed E-state index contributed by atoms with van der Waals surface area (Å²) in [6.07, 6.45) is 4.09. The highest BCUT2D eigenvalue weighted by Gasteiger charge is 2.30. The van der Waals surface area contributed by atoms with Crippen molar-refractivity contribution < 1.29 is 24.2 Å². The number of hydrogen-bond acceptors (Lipinski definition) is 6. The highest BCUT2D eigenvalue weighted by atomic mass is 16.6. The summed E-state index contributed by atoms with van der Waals surface area (Å²) in [6.45, 7) is 2.29. The van der Waals surface area contributed by atoms with E-state index in [2.05, 4.69) is 10.1 Å². The Balaban J connectivity index is 2.11. The fourth-order valence-electron chi connectivity index (χ4n) is 2.61. The van der Waals surface area contributed by atoms with Crippen LogP contribution >= 0.6 is 0 Å². The molecule has 0 amide bonds. The Hall–Kier alpha value is -2.60. The molecule has 6 nitrogen and oxygen atoms in total. The highest BCUT2D eigenvalue weighted by Crippen LogP contribution is 2.27. The molecule has 0 fully saturated rings. The number of carbonyl (C=O) groups is 2. The number of nitrogens with one attached hydrogen (secondary N) is 1. The van der Waals surface area contributed by atoms with Crippen LogP contribution in [0.25, 0.3) is 0 Å². The minimum atomic E-state index is -0.984. The van der Waals surface area contributed by atoms with Crippen LogP contribution in [0.5, 0.6) is 0 Å². The third-order valence-electron chi connectivity index (χ3n) is 4.26. The molecule has 0 aromatic heterocycles. The van der Waals surface area contributed by atoms with Crippen molar-refractivity contribution in [1.29, 1.82) is 0 Å². The summed E-state index contributed by atoms with van der Waals surface area (Å²) < 4.78 is 10.2. The molecule has 0 spiro atoms. The van der Waals surface area contributed by atoms with Crippen LogP contribution in [0.15, 0.2) is 54.3 Å². The van der Waals surface area contributed by atoms with Crippen molar-refractivity contribution in [3.05, 3.63) is 59.8 Å². The van der Waals surface area contributed by atoms with E-state index in [1.165, 1.54) is 7.11 Å². The number of aliphatic hydroxyl groups is 1. The van der Waals surface area contributed by atoms with Crippen molar-refractivity contribution in [3.8, 4) is 0 Å². The van der Waals surface area contributed by atoms with Crippen molar-refractivity contribution in [1.82, 2.24) is 5.32 Å². The Morgan fingerprint density at radius 3 is 2.62 bits per heavy atom. The highest BCUT2D eigenvalue weighted by molar-refractivity contribution is 5.74. The maximum atomic E-state index is 12.5. The molecule has 2 rings (SSSR count). The zero-order valence-electron chi connectivity index (χ0n) is 15.1. The maximum Gasteiger partial charge on any atom is 0.309 e. The Morgan fingerprint density at radius 2 is 2.00 bits per heavy atom. The minimum absolute atomic E-state index is 0.144. The molecular formula is C20H25NO5. The number of methoxy groups -OCH3 is 1. The van der Waals surface area contributed by atoms with Crippen LogP contribution in [-0.4, -0.2) is 36.8 Å². The molecule has 3 atom stereocenters. The van der Waals surface area contributed by atoms with E-state index >= 15 is 0 Å². The average Bonchev–Trinajstić information content (AvgIpc) is 2.70. The lowest BCUT2D eigenvalue weighted by molar-refractivity contribution is -0.157. The molecule has 0 saturated carbocycles. The summed E-state index contributed by atoms with van der Waals surface area (Å²) in [7, 11) is 1.31. The molecule has 0 aliphatic carbocycles. The third-order valence-corrected chi connectivity index (χ3v) is 4.26. The maximum absolute atomic E-state index is 12.5. The first-order valence-electron chi connectivity index (χ1n) is 8.63. The van der Waals surface area contributed by atoms with Gasteiger partial charge in [0.05, 0.1) is 13.0 Å². The van der Waals surface area contributed by atoms with Gasteiger partial charge in [0.15, 0.2) is 6.10 Å². The average molecular weight is 359 g/mol. The molecule has 0 radical (unpaired) electrons. The molecule has 1 aromatic carbocycles. The molecule has 2 N–H and O–H groups in total. The largest absolute Gasteiger partial charge is 0.469 e. The number of carbonyl (C=O) groups excluding carboxylic acids is 2. The molecule has 26 heavy (non-hydrogen) atoms. The van der Waals surface area contributed by atoms with Crippen molar-refractivity contribution in [2.75, 3.05) is 13.7 Å². The summed E-state index contributed by atoms with van der Waals surface area (Å²) in [5.74, 6) is -1.30. The van der Waals surface area contributed by atoms with Crippen molar-refractivity contribution in [3.63, 3.8) is 0 Å². The molecule has 0 saturated heterocycles. The molecule has 1 aliphatic rings. The molecule has 1 aliphatic heterocycles. The van der Waals surface area contributed by atoms with E-state index in [4.69, 9.17) is 4.74 Å². The first kappa shape index (κ1) is 19.7. The number of ether oxygens (including phenoxy) is 2. The van der Waals surface area contributed by atoms with E-state index in [0.29, 0.717) is 18.5 Å². The van der Waals surface area contributed by atoms with Crippen LogP contribution in [0.4, 0.5) is 0 Å². The molecule has 1 heterocycles. The van der Waals surface area contributed by atoms with Gasteiger partial charge in [0.25, 0.3) is 0 Å². The van der Waals surface area contributed by atoms with Gasteiger partial charge in [0.2, 0.25) is 0 Å². The van der Waals surface area contributed by atoms with E-state index in [9.17, 15) is 14.7 Å². The van der Waals surface area contributed by atoms with Crippen molar-refractivity contribution >= 4 is 11.9 Å². The Bertz CT molecular complexity index is 668. The topological polar surface area (TPSA) is 84.9 Å². The number of rotatable bonds is 8. The summed E-state index contributed by atoms with van der Waals surface area (Å²) in [6, 6.07) is 9.08. The smallest absolute Gasteiger partial charge is 0.309 e. The monoisotopic (exact) mass is 359 g/mol. The Morgan fingerprint density at radius 1 is 1.27 bits per heavy atom. The van der Waals surface area contributed by atoms with Crippen molar-refractivity contribution in [2.24, 2.45) is 5.92 Å². The summed E-state index contributed by atoms with van der Waals surface area (Å²) in [5, 5.41) is 13.8. The predicted molar refractivity (Wildman–Crippen MR) is 96.9 cm³/mol. The Kier molecular flexibility index (Phi) is 7.41. The summed E-state index contributed by atoms with van der Waals surface area (Å²) in [5.41, 5.74) is 1.40. The van der Waals surface area contributed by atoms with Gasteiger partial charge >= 0.3 is 11.9 Å². The zero-order chi connectivity index (χ0) is 18.9. The van der Waals surface area contributed by atoms with Gasteiger partial charge in [-0.2, -0.15) is 0 Å².